The molecule has 1 heterocycles. The van der Waals surface area contributed by atoms with E-state index in [9.17, 15) is 10.1 Å². The van der Waals surface area contributed by atoms with Crippen LogP contribution in [0.3, 0.4) is 0 Å². The second-order valence-corrected chi connectivity index (χ2v) is 5.52. The van der Waals surface area contributed by atoms with E-state index in [1.165, 1.54) is 0 Å². The van der Waals surface area contributed by atoms with E-state index in [4.69, 9.17) is 16.3 Å². The Hall–Kier alpha value is -1.91. The Bertz CT molecular complexity index is 671. The second-order valence-electron chi connectivity index (χ2n) is 5.08. The molecule has 0 radical (unpaired) electrons. The molecule has 1 aliphatic rings. The topological polar surface area (TPSA) is 52.4 Å². The number of hydrogen-bond donors (Lipinski definition) is 0. The minimum absolute atomic E-state index is 0.300. The Morgan fingerprint density at radius 1 is 1.19 bits per heavy atom. The summed E-state index contributed by atoms with van der Waals surface area (Å²) >= 11 is 5.93. The molecule has 0 saturated heterocycles. The van der Waals surface area contributed by atoms with Gasteiger partial charge in [-0.3, -0.25) is 10.1 Å². The maximum atomic E-state index is 11.2. The molecular formula is C16H14ClNO3. The van der Waals surface area contributed by atoms with Gasteiger partial charge in [-0.1, -0.05) is 48.0 Å². The van der Waals surface area contributed by atoms with Gasteiger partial charge in [0.25, 0.3) is 0 Å². The van der Waals surface area contributed by atoms with Crippen molar-refractivity contribution < 1.29 is 9.66 Å². The molecule has 3 rings (SSSR count). The molecule has 0 aliphatic carbocycles. The number of nitro groups is 1. The number of hydrogen-bond acceptors (Lipinski definition) is 3. The molecule has 0 fully saturated rings. The van der Waals surface area contributed by atoms with E-state index < -0.39 is 5.60 Å². The molecule has 4 nitrogen and oxygen atoms in total. The minimum Gasteiger partial charge on any atom is -0.358 e. The van der Waals surface area contributed by atoms with E-state index in [0.29, 0.717) is 11.6 Å². The molecule has 5 heteroatoms. The fourth-order valence-corrected chi connectivity index (χ4v) is 3.03. The number of benzene rings is 2. The van der Waals surface area contributed by atoms with Gasteiger partial charge in [-0.25, -0.2) is 0 Å². The summed E-state index contributed by atoms with van der Waals surface area (Å²) in [4.78, 5) is 10.9. The van der Waals surface area contributed by atoms with Crippen LogP contribution in [0.1, 0.15) is 16.7 Å². The van der Waals surface area contributed by atoms with Crippen LogP contribution in [0.25, 0.3) is 0 Å². The van der Waals surface area contributed by atoms with Crippen LogP contribution >= 0.6 is 11.6 Å². The molecular weight excluding hydrogens is 290 g/mol. The van der Waals surface area contributed by atoms with Gasteiger partial charge in [0.05, 0.1) is 6.61 Å². The third-order valence-corrected chi connectivity index (χ3v) is 4.09. The summed E-state index contributed by atoms with van der Waals surface area (Å²) in [7, 11) is 0. The van der Waals surface area contributed by atoms with Crippen LogP contribution in [0.4, 0.5) is 0 Å². The summed E-state index contributed by atoms with van der Waals surface area (Å²) in [5.41, 5.74) is 1.69. The quantitative estimate of drug-likeness (QED) is 0.645. The zero-order valence-corrected chi connectivity index (χ0v) is 12.0. The van der Waals surface area contributed by atoms with Crippen LogP contribution in [-0.4, -0.2) is 18.1 Å². The third kappa shape index (κ3) is 2.52. The highest BCUT2D eigenvalue weighted by atomic mass is 35.5. The zero-order valence-electron chi connectivity index (χ0n) is 11.3. The van der Waals surface area contributed by atoms with Crippen LogP contribution in [-0.2, 0) is 16.8 Å². The predicted octanol–water partition coefficient (Wildman–Crippen LogP) is 3.43. The van der Waals surface area contributed by atoms with Crippen molar-refractivity contribution in [2.45, 2.75) is 12.0 Å². The number of ether oxygens (including phenoxy) is 1. The summed E-state index contributed by atoms with van der Waals surface area (Å²) in [6.45, 7) is 0.166. The highest BCUT2D eigenvalue weighted by Gasteiger charge is 2.44. The Morgan fingerprint density at radius 3 is 2.62 bits per heavy atom. The minimum atomic E-state index is -1.04. The Kier molecular flexibility index (Phi) is 3.66. The summed E-state index contributed by atoms with van der Waals surface area (Å²) in [5.74, 6) is 0. The van der Waals surface area contributed by atoms with Gasteiger partial charge in [0, 0.05) is 9.95 Å². The molecule has 2 aromatic carbocycles. The fourth-order valence-electron chi connectivity index (χ4n) is 2.91. The van der Waals surface area contributed by atoms with Gasteiger partial charge in [-0.05, 0) is 35.2 Å². The number of rotatable bonds is 3. The lowest BCUT2D eigenvalue weighted by Gasteiger charge is -2.36. The normalized spacial score (nSPS) is 20.8. The Labute approximate surface area is 127 Å². The van der Waals surface area contributed by atoms with Crippen LogP contribution in [0, 0.1) is 10.1 Å². The van der Waals surface area contributed by atoms with E-state index in [1.54, 1.807) is 24.3 Å². The van der Waals surface area contributed by atoms with E-state index in [1.807, 2.05) is 24.3 Å². The van der Waals surface area contributed by atoms with Crippen molar-refractivity contribution >= 4 is 11.6 Å². The Balaban J connectivity index is 2.19. The molecule has 21 heavy (non-hydrogen) atoms. The first-order valence-electron chi connectivity index (χ1n) is 6.72. The van der Waals surface area contributed by atoms with Gasteiger partial charge in [-0.2, -0.15) is 0 Å². The summed E-state index contributed by atoms with van der Waals surface area (Å²) < 4.78 is 5.94. The van der Waals surface area contributed by atoms with Crippen LogP contribution in [0.15, 0.2) is 48.5 Å². The predicted molar refractivity (Wildman–Crippen MR) is 80.2 cm³/mol. The highest BCUT2D eigenvalue weighted by molar-refractivity contribution is 6.30. The smallest absolute Gasteiger partial charge is 0.240 e. The second kappa shape index (κ2) is 5.47. The van der Waals surface area contributed by atoms with Crippen LogP contribution in [0.5, 0.6) is 0 Å². The molecule has 0 saturated carbocycles. The molecule has 0 spiro atoms. The van der Waals surface area contributed by atoms with Gasteiger partial charge >= 0.3 is 0 Å². The first kappa shape index (κ1) is 14.0. The molecule has 1 aliphatic heterocycles. The van der Waals surface area contributed by atoms with Gasteiger partial charge in [-0.15, -0.1) is 0 Å². The van der Waals surface area contributed by atoms with Crippen molar-refractivity contribution in [2.24, 2.45) is 0 Å². The lowest BCUT2D eigenvalue weighted by molar-refractivity contribution is -0.501. The van der Waals surface area contributed by atoms with Crippen molar-refractivity contribution in [3.05, 3.63) is 80.4 Å². The average Bonchev–Trinajstić information content (AvgIpc) is 2.47. The lowest BCUT2D eigenvalue weighted by atomic mass is 9.81. The highest BCUT2D eigenvalue weighted by Crippen LogP contribution is 2.39. The van der Waals surface area contributed by atoms with Crippen LogP contribution < -0.4 is 0 Å². The maximum absolute atomic E-state index is 11.2. The molecule has 0 N–H and O–H groups in total. The van der Waals surface area contributed by atoms with Gasteiger partial charge in [0.15, 0.2) is 5.60 Å². The lowest BCUT2D eigenvalue weighted by Crippen LogP contribution is -2.42. The van der Waals surface area contributed by atoms with Crippen molar-refractivity contribution in [2.75, 3.05) is 13.2 Å². The van der Waals surface area contributed by atoms with Gasteiger partial charge in [0.2, 0.25) is 6.54 Å². The third-order valence-electron chi connectivity index (χ3n) is 3.83. The van der Waals surface area contributed by atoms with Crippen molar-refractivity contribution in [1.82, 2.24) is 0 Å². The van der Waals surface area contributed by atoms with E-state index in [2.05, 4.69) is 0 Å². The monoisotopic (exact) mass is 303 g/mol. The Morgan fingerprint density at radius 2 is 1.90 bits per heavy atom. The first-order chi connectivity index (χ1) is 10.1. The fraction of sp³-hybridized carbons (Fsp3) is 0.250. The molecule has 108 valence electrons. The molecule has 0 bridgehead atoms. The van der Waals surface area contributed by atoms with Crippen molar-refractivity contribution in [1.29, 1.82) is 0 Å². The molecule has 0 amide bonds. The van der Waals surface area contributed by atoms with E-state index in [0.717, 1.165) is 23.1 Å². The molecule has 1 atom stereocenters. The summed E-state index contributed by atoms with van der Waals surface area (Å²) in [6.07, 6.45) is 0.767. The van der Waals surface area contributed by atoms with Crippen molar-refractivity contribution in [3.8, 4) is 0 Å². The van der Waals surface area contributed by atoms with E-state index in [-0.39, 0.29) is 11.5 Å². The van der Waals surface area contributed by atoms with Gasteiger partial charge < -0.3 is 4.74 Å². The number of halogens is 1. The maximum Gasteiger partial charge on any atom is 0.240 e. The SMILES string of the molecule is O=[N+]([O-])CC1(c2ccc(Cl)cc2)OCCc2ccccc21. The molecule has 0 aromatic heterocycles. The number of nitrogens with zero attached hydrogens (tertiary/aromatic N) is 1. The molecule has 2 aromatic rings. The molecule has 1 unspecified atom stereocenters. The summed E-state index contributed by atoms with van der Waals surface area (Å²) in [6, 6.07) is 14.8. The standard InChI is InChI=1S/C16H14ClNO3/c17-14-7-5-13(6-8-14)16(11-18(19)20)15-4-2-1-3-12(15)9-10-21-16/h1-8H,9-11H2. The zero-order chi connectivity index (χ0) is 14.9. The van der Waals surface area contributed by atoms with E-state index >= 15 is 0 Å². The van der Waals surface area contributed by atoms with Crippen molar-refractivity contribution in [3.63, 3.8) is 0 Å². The number of fused-ring (bicyclic) bond motifs is 1. The van der Waals surface area contributed by atoms with Gasteiger partial charge in [0.1, 0.15) is 0 Å². The first-order valence-corrected chi connectivity index (χ1v) is 7.10. The summed E-state index contributed by atoms with van der Waals surface area (Å²) in [5, 5.41) is 11.8. The largest absolute Gasteiger partial charge is 0.358 e. The average molecular weight is 304 g/mol. The van der Waals surface area contributed by atoms with Crippen LogP contribution in [0.2, 0.25) is 5.02 Å².